The highest BCUT2D eigenvalue weighted by molar-refractivity contribution is 5.95. The zero-order valence-electron chi connectivity index (χ0n) is 16.6. The number of nitrogens with zero attached hydrogens (tertiary/aromatic N) is 3. The van der Waals surface area contributed by atoms with Gasteiger partial charge in [0.15, 0.2) is 0 Å². The van der Waals surface area contributed by atoms with E-state index in [1.165, 1.54) is 0 Å². The van der Waals surface area contributed by atoms with Crippen molar-refractivity contribution in [3.63, 3.8) is 0 Å². The molecule has 30 heavy (non-hydrogen) atoms. The van der Waals surface area contributed by atoms with Crippen LogP contribution in [0.5, 0.6) is 0 Å². The van der Waals surface area contributed by atoms with Gasteiger partial charge in [-0.25, -0.2) is 4.79 Å². The smallest absolute Gasteiger partial charge is 0.340 e. The van der Waals surface area contributed by atoms with Crippen LogP contribution in [-0.2, 0) is 4.74 Å². The van der Waals surface area contributed by atoms with Crippen LogP contribution in [0.15, 0.2) is 54.9 Å². The number of benzene rings is 1. The van der Waals surface area contributed by atoms with Crippen molar-refractivity contribution < 1.29 is 9.53 Å². The molecule has 4 heterocycles. The largest absolute Gasteiger partial charge is 0.457 e. The van der Waals surface area contributed by atoms with Crippen molar-refractivity contribution in [2.45, 2.75) is 19.4 Å². The Morgan fingerprint density at radius 3 is 2.93 bits per heavy atom. The van der Waals surface area contributed by atoms with Crippen LogP contribution in [0.4, 0.5) is 0 Å². The number of carbonyl (C=O) groups is 1. The number of ether oxygens (including phenoxy) is 1. The third kappa shape index (κ3) is 3.55. The standard InChI is InChI=1S/C23H21N5O2/c1-14-3-2-4-21(27-14)22-19(13-26-28-22)15-5-6-20-16(9-15)10-17(11-25-20)23(29)30-18-7-8-24-12-18/h2-6,9-11,13,18,24H,7-8,12H2,1H3,(H,26,28)/t18-/m0/s1. The minimum atomic E-state index is -0.337. The van der Waals surface area contributed by atoms with E-state index in [0.717, 1.165) is 52.1 Å². The van der Waals surface area contributed by atoms with Gasteiger partial charge in [0.2, 0.25) is 0 Å². The molecule has 0 saturated carbocycles. The van der Waals surface area contributed by atoms with Gasteiger partial charge in [0.1, 0.15) is 6.10 Å². The number of hydrogen-bond acceptors (Lipinski definition) is 6. The lowest BCUT2D eigenvalue weighted by Gasteiger charge is -2.11. The van der Waals surface area contributed by atoms with Crippen LogP contribution in [0.1, 0.15) is 22.5 Å². The highest BCUT2D eigenvalue weighted by Gasteiger charge is 2.20. The zero-order chi connectivity index (χ0) is 20.5. The van der Waals surface area contributed by atoms with Crippen molar-refractivity contribution in [3.05, 3.63) is 66.1 Å². The van der Waals surface area contributed by atoms with E-state index in [1.54, 1.807) is 12.4 Å². The number of hydrogen-bond donors (Lipinski definition) is 2. The number of carbonyl (C=O) groups excluding carboxylic acids is 1. The van der Waals surface area contributed by atoms with Gasteiger partial charge in [0, 0.05) is 29.4 Å². The molecule has 1 saturated heterocycles. The minimum absolute atomic E-state index is 0.0742. The summed E-state index contributed by atoms with van der Waals surface area (Å²) in [5.74, 6) is -0.337. The van der Waals surface area contributed by atoms with Crippen LogP contribution in [-0.4, -0.2) is 45.3 Å². The summed E-state index contributed by atoms with van der Waals surface area (Å²) < 4.78 is 5.57. The number of aryl methyl sites for hydroxylation is 1. The van der Waals surface area contributed by atoms with Gasteiger partial charge in [-0.2, -0.15) is 5.10 Å². The predicted molar refractivity (Wildman–Crippen MR) is 114 cm³/mol. The molecule has 2 N–H and O–H groups in total. The molecule has 5 rings (SSSR count). The molecule has 0 aliphatic carbocycles. The molecule has 0 bridgehead atoms. The molecule has 0 radical (unpaired) electrons. The first-order chi connectivity index (χ1) is 14.7. The van der Waals surface area contributed by atoms with Crippen molar-refractivity contribution in [3.8, 4) is 22.5 Å². The molecule has 7 nitrogen and oxygen atoms in total. The second-order valence-electron chi connectivity index (χ2n) is 7.47. The molecule has 0 spiro atoms. The minimum Gasteiger partial charge on any atom is -0.457 e. The van der Waals surface area contributed by atoms with Crippen LogP contribution in [0.25, 0.3) is 33.4 Å². The van der Waals surface area contributed by atoms with E-state index >= 15 is 0 Å². The number of aromatic amines is 1. The Morgan fingerprint density at radius 1 is 1.17 bits per heavy atom. The first-order valence-corrected chi connectivity index (χ1v) is 9.97. The van der Waals surface area contributed by atoms with E-state index < -0.39 is 0 Å². The second kappa shape index (κ2) is 7.68. The molecule has 1 aromatic carbocycles. The van der Waals surface area contributed by atoms with Gasteiger partial charge in [0.05, 0.1) is 28.7 Å². The molecule has 1 aliphatic rings. The van der Waals surface area contributed by atoms with E-state index in [-0.39, 0.29) is 12.1 Å². The summed E-state index contributed by atoms with van der Waals surface area (Å²) in [4.78, 5) is 21.6. The van der Waals surface area contributed by atoms with Gasteiger partial charge in [0.25, 0.3) is 0 Å². The molecule has 0 amide bonds. The normalized spacial score (nSPS) is 16.1. The number of aromatic nitrogens is 4. The molecular weight excluding hydrogens is 378 g/mol. The number of rotatable bonds is 4. The number of H-pyrrole nitrogens is 1. The Labute approximate surface area is 173 Å². The maximum absolute atomic E-state index is 12.5. The monoisotopic (exact) mass is 399 g/mol. The van der Waals surface area contributed by atoms with E-state index in [2.05, 4.69) is 25.5 Å². The maximum Gasteiger partial charge on any atom is 0.340 e. The Hall–Kier alpha value is -3.58. The fourth-order valence-electron chi connectivity index (χ4n) is 3.74. The van der Waals surface area contributed by atoms with Crippen LogP contribution < -0.4 is 5.32 Å². The fourth-order valence-corrected chi connectivity index (χ4v) is 3.74. The zero-order valence-corrected chi connectivity index (χ0v) is 16.6. The van der Waals surface area contributed by atoms with E-state index in [9.17, 15) is 4.79 Å². The summed E-state index contributed by atoms with van der Waals surface area (Å²) in [7, 11) is 0. The molecule has 7 heteroatoms. The summed E-state index contributed by atoms with van der Waals surface area (Å²) in [6, 6.07) is 13.7. The van der Waals surface area contributed by atoms with Gasteiger partial charge >= 0.3 is 5.97 Å². The van der Waals surface area contributed by atoms with Gasteiger partial charge < -0.3 is 10.1 Å². The lowest BCUT2D eigenvalue weighted by atomic mass is 10.0. The van der Waals surface area contributed by atoms with Gasteiger partial charge in [-0.05, 0) is 55.8 Å². The number of nitrogens with one attached hydrogen (secondary N) is 2. The van der Waals surface area contributed by atoms with E-state index in [1.807, 2.05) is 49.4 Å². The number of pyridine rings is 2. The Kier molecular flexibility index (Phi) is 4.72. The quantitative estimate of drug-likeness (QED) is 0.510. The summed E-state index contributed by atoms with van der Waals surface area (Å²) >= 11 is 0. The van der Waals surface area contributed by atoms with Crippen molar-refractivity contribution in [1.82, 2.24) is 25.5 Å². The van der Waals surface area contributed by atoms with E-state index in [4.69, 9.17) is 4.74 Å². The third-order valence-corrected chi connectivity index (χ3v) is 5.30. The van der Waals surface area contributed by atoms with E-state index in [0.29, 0.717) is 12.1 Å². The Balaban J connectivity index is 1.49. The van der Waals surface area contributed by atoms with Crippen molar-refractivity contribution >= 4 is 16.9 Å². The van der Waals surface area contributed by atoms with Crippen molar-refractivity contribution in [2.24, 2.45) is 0 Å². The molecule has 3 aromatic heterocycles. The average Bonchev–Trinajstić information content (AvgIpc) is 3.45. The highest BCUT2D eigenvalue weighted by atomic mass is 16.5. The SMILES string of the molecule is Cc1cccc(-c2[nH]ncc2-c2ccc3ncc(C(=O)O[C@H]4CCNC4)cc3c2)n1. The van der Waals surface area contributed by atoms with Crippen molar-refractivity contribution in [1.29, 1.82) is 0 Å². The van der Waals surface area contributed by atoms with Gasteiger partial charge in [-0.15, -0.1) is 0 Å². The third-order valence-electron chi connectivity index (χ3n) is 5.30. The average molecular weight is 399 g/mol. The first kappa shape index (κ1) is 18.4. The maximum atomic E-state index is 12.5. The summed E-state index contributed by atoms with van der Waals surface area (Å²) in [6.45, 7) is 3.54. The molecule has 0 unspecified atom stereocenters. The van der Waals surface area contributed by atoms with Crippen LogP contribution in [0, 0.1) is 6.92 Å². The van der Waals surface area contributed by atoms with Gasteiger partial charge in [-0.1, -0.05) is 12.1 Å². The second-order valence-corrected chi connectivity index (χ2v) is 7.47. The molecule has 4 aromatic rings. The molecular formula is C23H21N5O2. The summed E-state index contributed by atoms with van der Waals surface area (Å²) in [5.41, 5.74) is 5.83. The van der Waals surface area contributed by atoms with Gasteiger partial charge in [-0.3, -0.25) is 15.1 Å². The fraction of sp³-hybridized carbons (Fsp3) is 0.217. The number of fused-ring (bicyclic) bond motifs is 1. The summed E-state index contributed by atoms with van der Waals surface area (Å²) in [5, 5.41) is 11.4. The van der Waals surface area contributed by atoms with Crippen LogP contribution in [0.3, 0.4) is 0 Å². The summed E-state index contributed by atoms with van der Waals surface area (Å²) in [6.07, 6.45) is 4.13. The first-order valence-electron chi connectivity index (χ1n) is 9.97. The lowest BCUT2D eigenvalue weighted by Crippen LogP contribution is -2.20. The Bertz CT molecular complexity index is 1230. The lowest BCUT2D eigenvalue weighted by molar-refractivity contribution is 0.0344. The van der Waals surface area contributed by atoms with Crippen LogP contribution in [0.2, 0.25) is 0 Å². The number of esters is 1. The topological polar surface area (TPSA) is 92.8 Å². The molecule has 1 aliphatic heterocycles. The van der Waals surface area contributed by atoms with Crippen molar-refractivity contribution in [2.75, 3.05) is 13.1 Å². The van der Waals surface area contributed by atoms with Crippen LogP contribution >= 0.6 is 0 Å². The molecule has 150 valence electrons. The molecule has 1 fully saturated rings. The Morgan fingerprint density at radius 2 is 2.10 bits per heavy atom. The highest BCUT2D eigenvalue weighted by Crippen LogP contribution is 2.31. The molecule has 1 atom stereocenters. The predicted octanol–water partition coefficient (Wildman–Crippen LogP) is 3.51.